The summed E-state index contributed by atoms with van der Waals surface area (Å²) in [7, 11) is 1.47. The van der Waals surface area contributed by atoms with Crippen molar-refractivity contribution in [2.75, 3.05) is 13.6 Å². The van der Waals surface area contributed by atoms with Crippen molar-refractivity contribution in [1.82, 2.24) is 4.90 Å². The van der Waals surface area contributed by atoms with Gasteiger partial charge in [-0.05, 0) is 19.9 Å². The Morgan fingerprint density at radius 1 is 1.32 bits per heavy atom. The molecule has 0 bridgehead atoms. The molecule has 1 rings (SSSR count). The fourth-order valence-electron chi connectivity index (χ4n) is 1.61. The predicted molar refractivity (Wildman–Crippen MR) is 71.2 cm³/mol. The smallest absolute Gasteiger partial charge is 0.323 e. The van der Waals surface area contributed by atoms with Crippen LogP contribution in [0.3, 0.4) is 0 Å². The predicted octanol–water partition coefficient (Wildman–Crippen LogP) is 1.56. The van der Waals surface area contributed by atoms with E-state index in [1.165, 1.54) is 11.9 Å². The number of hydrogen-bond donors (Lipinski definition) is 1. The normalized spacial score (nSPS) is 10.3. The number of carbonyl (C=O) groups excluding carboxylic acids is 1. The Morgan fingerprint density at radius 3 is 2.53 bits per heavy atom. The van der Waals surface area contributed by atoms with Gasteiger partial charge in [-0.15, -0.1) is 0 Å². The van der Waals surface area contributed by atoms with Crippen molar-refractivity contribution in [3.8, 4) is 5.75 Å². The van der Waals surface area contributed by atoms with Crippen LogP contribution < -0.4 is 4.74 Å². The minimum Gasteiger partial charge on any atom is -0.491 e. The molecule has 0 atom stereocenters. The monoisotopic (exact) mass is 265 g/mol. The number of rotatable bonds is 6. The molecule has 0 aliphatic rings. The molecule has 0 saturated heterocycles. The number of carboxylic acids is 1. The lowest BCUT2D eigenvalue weighted by molar-refractivity contribution is -0.143. The number of ether oxygens (including phenoxy) is 1. The minimum absolute atomic E-state index is 0.0213. The number of likely N-dealkylation sites (N-methyl/N-ethyl adjacent to an activating group) is 1. The number of carboxylic acid groups (broad SMARTS) is 1. The molecule has 0 heterocycles. The SMILES string of the molecule is CC(C)Oc1ccccc1CC(=O)N(C)CC(=O)O. The zero-order valence-corrected chi connectivity index (χ0v) is 11.4. The number of carbonyl (C=O) groups is 2. The van der Waals surface area contributed by atoms with Crippen LogP contribution in [0.4, 0.5) is 0 Å². The Hall–Kier alpha value is -2.04. The maximum absolute atomic E-state index is 11.9. The van der Waals surface area contributed by atoms with Gasteiger partial charge >= 0.3 is 5.97 Å². The van der Waals surface area contributed by atoms with Crippen molar-refractivity contribution in [1.29, 1.82) is 0 Å². The third kappa shape index (κ3) is 4.99. The van der Waals surface area contributed by atoms with Crippen LogP contribution in [0.15, 0.2) is 24.3 Å². The lowest BCUT2D eigenvalue weighted by Crippen LogP contribution is -2.33. The quantitative estimate of drug-likeness (QED) is 0.847. The zero-order chi connectivity index (χ0) is 14.4. The Labute approximate surface area is 112 Å². The van der Waals surface area contributed by atoms with Gasteiger partial charge in [0.05, 0.1) is 12.5 Å². The molecule has 5 heteroatoms. The number of benzene rings is 1. The Bertz CT molecular complexity index is 457. The number of aliphatic carboxylic acids is 1. The van der Waals surface area contributed by atoms with Crippen LogP contribution in [-0.4, -0.2) is 41.6 Å². The van der Waals surface area contributed by atoms with Gasteiger partial charge in [-0.1, -0.05) is 18.2 Å². The lowest BCUT2D eigenvalue weighted by atomic mass is 10.1. The summed E-state index contributed by atoms with van der Waals surface area (Å²) in [6.45, 7) is 3.52. The number of para-hydroxylation sites is 1. The van der Waals surface area contributed by atoms with Gasteiger partial charge in [0.25, 0.3) is 0 Å². The third-order valence-corrected chi connectivity index (χ3v) is 2.48. The summed E-state index contributed by atoms with van der Waals surface area (Å²) >= 11 is 0. The van der Waals surface area contributed by atoms with Crippen LogP contribution in [0.25, 0.3) is 0 Å². The van der Waals surface area contributed by atoms with Crippen LogP contribution >= 0.6 is 0 Å². The molecule has 0 aliphatic carbocycles. The average molecular weight is 265 g/mol. The molecular formula is C14H19NO4. The second-order valence-electron chi connectivity index (χ2n) is 4.59. The summed E-state index contributed by atoms with van der Waals surface area (Å²) < 4.78 is 5.62. The summed E-state index contributed by atoms with van der Waals surface area (Å²) in [5.41, 5.74) is 0.762. The molecule has 1 aromatic carbocycles. The summed E-state index contributed by atoms with van der Waals surface area (Å²) in [6, 6.07) is 7.28. The van der Waals surface area contributed by atoms with Gasteiger partial charge in [-0.2, -0.15) is 0 Å². The van der Waals surface area contributed by atoms with Crippen LogP contribution in [0, 0.1) is 0 Å². The van der Waals surface area contributed by atoms with E-state index in [-0.39, 0.29) is 25.0 Å². The van der Waals surface area contributed by atoms with Crippen molar-refractivity contribution in [3.63, 3.8) is 0 Å². The second kappa shape index (κ2) is 6.78. The van der Waals surface area contributed by atoms with E-state index in [0.717, 1.165) is 5.56 Å². The van der Waals surface area contributed by atoms with Gasteiger partial charge in [0, 0.05) is 12.6 Å². The lowest BCUT2D eigenvalue weighted by Gasteiger charge is -2.17. The molecule has 0 spiro atoms. The Balaban J connectivity index is 2.76. The summed E-state index contributed by atoms with van der Waals surface area (Å²) in [4.78, 5) is 23.6. The van der Waals surface area contributed by atoms with Gasteiger partial charge < -0.3 is 14.7 Å². The van der Waals surface area contributed by atoms with Gasteiger partial charge in [0.2, 0.25) is 5.91 Å². The van der Waals surface area contributed by atoms with Crippen LogP contribution in [0.5, 0.6) is 5.75 Å². The van der Waals surface area contributed by atoms with Crippen LogP contribution in [0.1, 0.15) is 19.4 Å². The second-order valence-corrected chi connectivity index (χ2v) is 4.59. The van der Waals surface area contributed by atoms with E-state index in [1.54, 1.807) is 6.07 Å². The molecule has 104 valence electrons. The average Bonchev–Trinajstić information content (AvgIpc) is 2.30. The summed E-state index contributed by atoms with van der Waals surface area (Å²) in [5.74, 6) is -0.612. The van der Waals surface area contributed by atoms with E-state index in [2.05, 4.69) is 0 Å². The standard InChI is InChI=1S/C14H19NO4/c1-10(2)19-12-7-5-4-6-11(12)8-13(16)15(3)9-14(17)18/h4-7,10H,8-9H2,1-3H3,(H,17,18). The molecule has 1 N–H and O–H groups in total. The van der Waals surface area contributed by atoms with Gasteiger partial charge in [0.15, 0.2) is 0 Å². The molecule has 0 saturated carbocycles. The molecule has 1 amide bonds. The molecule has 5 nitrogen and oxygen atoms in total. The maximum Gasteiger partial charge on any atom is 0.323 e. The van der Waals surface area contributed by atoms with E-state index in [9.17, 15) is 9.59 Å². The molecule has 19 heavy (non-hydrogen) atoms. The molecular weight excluding hydrogens is 246 g/mol. The van der Waals surface area contributed by atoms with Crippen molar-refractivity contribution in [2.45, 2.75) is 26.4 Å². The highest BCUT2D eigenvalue weighted by Crippen LogP contribution is 2.20. The highest BCUT2D eigenvalue weighted by Gasteiger charge is 2.15. The highest BCUT2D eigenvalue weighted by atomic mass is 16.5. The zero-order valence-electron chi connectivity index (χ0n) is 11.4. The van der Waals surface area contributed by atoms with Gasteiger partial charge in [-0.25, -0.2) is 0 Å². The minimum atomic E-state index is -1.03. The summed E-state index contributed by atoms with van der Waals surface area (Å²) in [5, 5.41) is 8.65. The van der Waals surface area contributed by atoms with Gasteiger partial charge in [-0.3, -0.25) is 9.59 Å². The van der Waals surface area contributed by atoms with E-state index in [4.69, 9.17) is 9.84 Å². The fraction of sp³-hybridized carbons (Fsp3) is 0.429. The summed E-state index contributed by atoms with van der Waals surface area (Å²) in [6.07, 6.45) is 0.153. The Kier molecular flexibility index (Phi) is 5.36. The van der Waals surface area contributed by atoms with E-state index >= 15 is 0 Å². The number of nitrogens with zero attached hydrogens (tertiary/aromatic N) is 1. The molecule has 0 aliphatic heterocycles. The fourth-order valence-corrected chi connectivity index (χ4v) is 1.61. The third-order valence-electron chi connectivity index (χ3n) is 2.48. The topological polar surface area (TPSA) is 66.8 Å². The van der Waals surface area contributed by atoms with Crippen molar-refractivity contribution >= 4 is 11.9 Å². The molecule has 1 aromatic rings. The Morgan fingerprint density at radius 2 is 1.95 bits per heavy atom. The van der Waals surface area contributed by atoms with E-state index in [1.807, 2.05) is 32.0 Å². The van der Waals surface area contributed by atoms with E-state index in [0.29, 0.717) is 5.75 Å². The molecule has 0 radical (unpaired) electrons. The van der Waals surface area contributed by atoms with E-state index < -0.39 is 5.97 Å². The van der Waals surface area contributed by atoms with Crippen molar-refractivity contribution < 1.29 is 19.4 Å². The van der Waals surface area contributed by atoms with Gasteiger partial charge in [0.1, 0.15) is 12.3 Å². The first-order valence-corrected chi connectivity index (χ1v) is 6.10. The van der Waals surface area contributed by atoms with Crippen molar-refractivity contribution in [2.24, 2.45) is 0 Å². The van der Waals surface area contributed by atoms with Crippen LogP contribution in [-0.2, 0) is 16.0 Å². The maximum atomic E-state index is 11.9. The number of hydrogen-bond acceptors (Lipinski definition) is 3. The first-order valence-electron chi connectivity index (χ1n) is 6.10. The molecule has 0 unspecified atom stereocenters. The number of amides is 1. The van der Waals surface area contributed by atoms with Crippen molar-refractivity contribution in [3.05, 3.63) is 29.8 Å². The largest absolute Gasteiger partial charge is 0.491 e. The molecule has 0 fully saturated rings. The first-order chi connectivity index (χ1) is 8.90. The first kappa shape index (κ1) is 15.0. The highest BCUT2D eigenvalue weighted by molar-refractivity contribution is 5.83. The van der Waals surface area contributed by atoms with Crippen LogP contribution in [0.2, 0.25) is 0 Å². The molecule has 0 aromatic heterocycles.